The van der Waals surface area contributed by atoms with E-state index in [2.05, 4.69) is 38.1 Å². The minimum absolute atomic E-state index is 0.315. The zero-order chi connectivity index (χ0) is 15.7. The van der Waals surface area contributed by atoms with E-state index >= 15 is 0 Å². The van der Waals surface area contributed by atoms with Crippen molar-refractivity contribution in [1.82, 2.24) is 0 Å². The van der Waals surface area contributed by atoms with Gasteiger partial charge in [-0.15, -0.1) is 23.5 Å². The largest absolute Gasteiger partial charge is 0.478 e. The van der Waals surface area contributed by atoms with E-state index < -0.39 is 5.97 Å². The number of hydrogen-bond acceptors (Lipinski definition) is 3. The van der Waals surface area contributed by atoms with Crippen molar-refractivity contribution in [3.63, 3.8) is 0 Å². The van der Waals surface area contributed by atoms with Crippen molar-refractivity contribution in [2.45, 2.75) is 28.2 Å². The molecule has 0 bridgehead atoms. The van der Waals surface area contributed by atoms with Gasteiger partial charge in [-0.1, -0.05) is 24.3 Å². The van der Waals surface area contributed by atoms with Crippen LogP contribution in [0.2, 0.25) is 0 Å². The van der Waals surface area contributed by atoms with Crippen molar-refractivity contribution in [2.75, 3.05) is 0 Å². The molecular weight excluding hydrogens is 312 g/mol. The summed E-state index contributed by atoms with van der Waals surface area (Å²) < 4.78 is 0.582. The maximum absolute atomic E-state index is 10.9. The van der Waals surface area contributed by atoms with E-state index in [1.165, 1.54) is 20.9 Å². The zero-order valence-corrected chi connectivity index (χ0v) is 14.0. The molecule has 2 aromatic carbocycles. The Labute approximate surface area is 138 Å². The van der Waals surface area contributed by atoms with E-state index in [1.54, 1.807) is 12.1 Å². The van der Waals surface area contributed by atoms with Gasteiger partial charge in [0.25, 0.3) is 0 Å². The highest BCUT2D eigenvalue weighted by molar-refractivity contribution is 8.19. The van der Waals surface area contributed by atoms with Crippen LogP contribution >= 0.6 is 23.5 Å². The minimum Gasteiger partial charge on any atom is -0.478 e. The average Bonchev–Trinajstić information content (AvgIpc) is 2.86. The maximum atomic E-state index is 10.9. The molecule has 0 saturated carbocycles. The molecule has 0 radical (unpaired) electrons. The molecule has 1 atom stereocenters. The van der Waals surface area contributed by atoms with E-state index in [9.17, 15) is 4.79 Å². The monoisotopic (exact) mass is 328 g/mol. The molecule has 2 nitrogen and oxygen atoms in total. The molecule has 112 valence electrons. The molecule has 0 fully saturated rings. The van der Waals surface area contributed by atoms with Gasteiger partial charge in [0.1, 0.15) is 0 Å². The van der Waals surface area contributed by atoms with Crippen molar-refractivity contribution >= 4 is 41.1 Å². The summed E-state index contributed by atoms with van der Waals surface area (Å²) in [6.45, 7) is 4.31. The fourth-order valence-electron chi connectivity index (χ4n) is 2.38. The third kappa shape index (κ3) is 3.23. The summed E-state index contributed by atoms with van der Waals surface area (Å²) in [6, 6.07) is 13.5. The third-order valence-electron chi connectivity index (χ3n) is 3.53. The molecule has 2 aromatic rings. The Bertz CT molecular complexity index is 748. The van der Waals surface area contributed by atoms with Crippen molar-refractivity contribution in [3.8, 4) is 0 Å². The Balaban J connectivity index is 1.85. The lowest BCUT2D eigenvalue weighted by Crippen LogP contribution is -1.94. The number of aromatic carboxylic acids is 1. The fourth-order valence-corrected chi connectivity index (χ4v) is 4.90. The van der Waals surface area contributed by atoms with Gasteiger partial charge in [0.15, 0.2) is 0 Å². The molecule has 1 unspecified atom stereocenters. The number of thioether (sulfide) groups is 2. The first kappa shape index (κ1) is 15.3. The van der Waals surface area contributed by atoms with E-state index in [0.29, 0.717) is 10.1 Å². The van der Waals surface area contributed by atoms with Crippen molar-refractivity contribution in [2.24, 2.45) is 0 Å². The zero-order valence-electron chi connectivity index (χ0n) is 12.4. The fraction of sp³-hybridized carbons (Fsp3) is 0.167. The molecule has 0 saturated heterocycles. The van der Waals surface area contributed by atoms with Crippen LogP contribution in [0.4, 0.5) is 0 Å². The Morgan fingerprint density at radius 1 is 1.05 bits per heavy atom. The normalized spacial score (nSPS) is 17.4. The van der Waals surface area contributed by atoms with Crippen LogP contribution < -0.4 is 0 Å². The molecule has 22 heavy (non-hydrogen) atoms. The quantitative estimate of drug-likeness (QED) is 0.756. The van der Waals surface area contributed by atoms with Gasteiger partial charge in [-0.2, -0.15) is 0 Å². The number of benzene rings is 2. The smallest absolute Gasteiger partial charge is 0.335 e. The second-order valence-corrected chi connectivity index (χ2v) is 8.28. The van der Waals surface area contributed by atoms with Crippen molar-refractivity contribution in [1.29, 1.82) is 0 Å². The van der Waals surface area contributed by atoms with Gasteiger partial charge in [-0.3, -0.25) is 0 Å². The molecule has 0 aliphatic carbocycles. The Morgan fingerprint density at radius 3 is 2.36 bits per heavy atom. The Kier molecular flexibility index (Phi) is 4.32. The summed E-state index contributed by atoms with van der Waals surface area (Å²) >= 11 is 3.81. The molecule has 0 spiro atoms. The summed E-state index contributed by atoms with van der Waals surface area (Å²) in [5.41, 5.74) is 3.72. The first-order chi connectivity index (χ1) is 10.5. The van der Waals surface area contributed by atoms with Crippen LogP contribution in [0.15, 0.2) is 52.3 Å². The number of rotatable bonds is 3. The molecule has 3 rings (SSSR count). The lowest BCUT2D eigenvalue weighted by molar-refractivity contribution is 0.0697. The van der Waals surface area contributed by atoms with E-state index in [4.69, 9.17) is 5.11 Å². The minimum atomic E-state index is -0.894. The molecule has 1 aliphatic heterocycles. The average molecular weight is 328 g/mol. The molecule has 0 amide bonds. The summed E-state index contributed by atoms with van der Waals surface area (Å²) in [4.78, 5) is 13.6. The van der Waals surface area contributed by atoms with Gasteiger partial charge in [0, 0.05) is 9.79 Å². The second-order valence-electron chi connectivity index (χ2n) is 5.22. The van der Waals surface area contributed by atoms with Crippen molar-refractivity contribution < 1.29 is 9.90 Å². The van der Waals surface area contributed by atoms with Gasteiger partial charge in [0.05, 0.1) is 10.1 Å². The first-order valence-corrected chi connectivity index (χ1v) is 8.78. The molecule has 1 heterocycles. The number of fused-ring (bicyclic) bond motifs is 1. The molecular formula is C18H16O2S2. The lowest BCUT2D eigenvalue weighted by Gasteiger charge is -2.05. The highest BCUT2D eigenvalue weighted by Gasteiger charge is 2.19. The Hall–Kier alpha value is -1.65. The summed E-state index contributed by atoms with van der Waals surface area (Å²) in [6.07, 6.45) is 2.09. The first-order valence-electron chi connectivity index (χ1n) is 7.02. The topological polar surface area (TPSA) is 37.3 Å². The molecule has 4 heteroatoms. The third-order valence-corrected chi connectivity index (χ3v) is 6.10. The lowest BCUT2D eigenvalue weighted by atomic mass is 10.0. The van der Waals surface area contributed by atoms with E-state index in [0.717, 1.165) is 5.56 Å². The summed E-state index contributed by atoms with van der Waals surface area (Å²) in [5.74, 6) is -0.894. The number of carboxylic acids is 1. The van der Waals surface area contributed by atoms with Crippen LogP contribution in [0.3, 0.4) is 0 Å². The van der Waals surface area contributed by atoms with E-state index in [1.807, 2.05) is 35.7 Å². The number of carbonyl (C=O) groups is 1. The summed E-state index contributed by atoms with van der Waals surface area (Å²) in [7, 11) is 0. The van der Waals surface area contributed by atoms with Gasteiger partial charge >= 0.3 is 5.97 Å². The predicted octanol–water partition coefficient (Wildman–Crippen LogP) is 5.49. The van der Waals surface area contributed by atoms with Gasteiger partial charge in [0.2, 0.25) is 0 Å². The van der Waals surface area contributed by atoms with Crippen LogP contribution in [0.1, 0.15) is 35.3 Å². The highest BCUT2D eigenvalue weighted by Crippen LogP contribution is 2.48. The predicted molar refractivity (Wildman–Crippen MR) is 94.6 cm³/mol. The van der Waals surface area contributed by atoms with Crippen LogP contribution in [-0.4, -0.2) is 15.7 Å². The van der Waals surface area contributed by atoms with Gasteiger partial charge < -0.3 is 5.11 Å². The van der Waals surface area contributed by atoms with Crippen LogP contribution in [0.5, 0.6) is 0 Å². The second kappa shape index (κ2) is 6.23. The van der Waals surface area contributed by atoms with Crippen molar-refractivity contribution in [3.05, 3.63) is 59.2 Å². The summed E-state index contributed by atoms with van der Waals surface area (Å²) in [5, 5.41) is 8.93. The highest BCUT2D eigenvalue weighted by atomic mass is 32.2. The van der Waals surface area contributed by atoms with E-state index in [-0.39, 0.29) is 0 Å². The number of hydrogen-bond donors (Lipinski definition) is 1. The van der Waals surface area contributed by atoms with Crippen LogP contribution in [0.25, 0.3) is 11.6 Å². The molecule has 0 aromatic heterocycles. The van der Waals surface area contributed by atoms with Gasteiger partial charge in [-0.25, -0.2) is 4.79 Å². The Morgan fingerprint density at radius 2 is 1.68 bits per heavy atom. The number of allylic oxidation sites excluding steroid dienone is 1. The van der Waals surface area contributed by atoms with Crippen LogP contribution in [0, 0.1) is 0 Å². The standard InChI is InChI=1S/C18H16O2S2/c1-11(9-13-3-5-14(6-4-13)18(19)20)15-7-8-16-17(10-15)22-12(2)21-16/h3-10,12H,1-2H3,(H,19,20). The van der Waals surface area contributed by atoms with Crippen LogP contribution in [-0.2, 0) is 0 Å². The SMILES string of the molecule is CC(=Cc1ccc(C(=O)O)cc1)c1ccc2c(c1)SC(C)S2. The molecule has 1 N–H and O–H groups in total. The van der Waals surface area contributed by atoms with Gasteiger partial charge in [-0.05, 0) is 54.8 Å². The molecule has 1 aliphatic rings. The number of carboxylic acid groups (broad SMARTS) is 1. The maximum Gasteiger partial charge on any atom is 0.335 e.